The van der Waals surface area contributed by atoms with Crippen molar-refractivity contribution in [3.63, 3.8) is 0 Å². The molecule has 0 aliphatic carbocycles. The molecule has 1 heterocycles. The second kappa shape index (κ2) is 6.20. The highest BCUT2D eigenvalue weighted by molar-refractivity contribution is 7.07. The second-order valence-corrected chi connectivity index (χ2v) is 4.65. The van der Waals surface area contributed by atoms with Crippen LogP contribution in [0.1, 0.15) is 45.2 Å². The van der Waals surface area contributed by atoms with Crippen LogP contribution in [0.25, 0.3) is 0 Å². The van der Waals surface area contributed by atoms with Crippen LogP contribution < -0.4 is 5.32 Å². The Kier molecular flexibility index (Phi) is 5.20. The molecule has 1 nitrogen and oxygen atoms in total. The first-order chi connectivity index (χ1) is 6.77. The zero-order valence-electron chi connectivity index (χ0n) is 9.42. The highest BCUT2D eigenvalue weighted by atomic mass is 32.1. The van der Waals surface area contributed by atoms with Gasteiger partial charge in [0.15, 0.2) is 0 Å². The van der Waals surface area contributed by atoms with Crippen LogP contribution in [-0.2, 0) is 0 Å². The molecule has 0 aliphatic rings. The minimum absolute atomic E-state index is 0.502. The lowest BCUT2D eigenvalue weighted by Gasteiger charge is -2.17. The van der Waals surface area contributed by atoms with Crippen LogP contribution >= 0.6 is 11.3 Å². The van der Waals surface area contributed by atoms with Crippen molar-refractivity contribution in [3.05, 3.63) is 22.4 Å². The van der Waals surface area contributed by atoms with Gasteiger partial charge in [-0.2, -0.15) is 11.3 Å². The zero-order chi connectivity index (χ0) is 10.4. The van der Waals surface area contributed by atoms with Gasteiger partial charge < -0.3 is 5.32 Å². The van der Waals surface area contributed by atoms with Gasteiger partial charge in [-0.1, -0.05) is 26.7 Å². The van der Waals surface area contributed by atoms with E-state index in [2.05, 4.69) is 42.9 Å². The van der Waals surface area contributed by atoms with E-state index in [-0.39, 0.29) is 0 Å². The molecule has 0 aromatic carbocycles. The molecule has 0 fully saturated rings. The maximum Gasteiger partial charge on any atom is 0.0300 e. The predicted molar refractivity (Wildman–Crippen MR) is 64.8 cm³/mol. The lowest BCUT2D eigenvalue weighted by molar-refractivity contribution is 0.423. The van der Waals surface area contributed by atoms with Crippen LogP contribution in [0.4, 0.5) is 0 Å². The van der Waals surface area contributed by atoms with Crippen molar-refractivity contribution >= 4 is 11.3 Å². The van der Waals surface area contributed by atoms with Crippen LogP contribution in [0.15, 0.2) is 16.8 Å². The minimum atomic E-state index is 0.502. The fourth-order valence-corrected chi connectivity index (χ4v) is 2.31. The van der Waals surface area contributed by atoms with Crippen LogP contribution in [0.5, 0.6) is 0 Å². The molecule has 2 heteroatoms. The standard InChI is InChI=1S/C12H21NS/c1-4-11(5-2)8-13-10(3)12-6-7-14-9-12/h6-7,9-11,13H,4-5,8H2,1-3H3. The highest BCUT2D eigenvalue weighted by Gasteiger charge is 2.08. The summed E-state index contributed by atoms with van der Waals surface area (Å²) in [5.74, 6) is 0.830. The molecule has 0 saturated carbocycles. The number of hydrogen-bond acceptors (Lipinski definition) is 2. The molecule has 0 radical (unpaired) electrons. The van der Waals surface area contributed by atoms with Crippen molar-refractivity contribution in [2.24, 2.45) is 5.92 Å². The van der Waals surface area contributed by atoms with Crippen molar-refractivity contribution in [1.29, 1.82) is 0 Å². The van der Waals surface area contributed by atoms with E-state index in [9.17, 15) is 0 Å². The quantitative estimate of drug-likeness (QED) is 0.754. The predicted octanol–water partition coefficient (Wildman–Crippen LogP) is 3.83. The normalized spacial score (nSPS) is 13.4. The van der Waals surface area contributed by atoms with Crippen molar-refractivity contribution in [2.75, 3.05) is 6.54 Å². The highest BCUT2D eigenvalue weighted by Crippen LogP contribution is 2.16. The average molecular weight is 211 g/mol. The van der Waals surface area contributed by atoms with Crippen molar-refractivity contribution in [2.45, 2.75) is 39.7 Å². The van der Waals surface area contributed by atoms with E-state index >= 15 is 0 Å². The van der Waals surface area contributed by atoms with Gasteiger partial charge in [0, 0.05) is 6.04 Å². The summed E-state index contributed by atoms with van der Waals surface area (Å²) in [5.41, 5.74) is 1.42. The Balaban J connectivity index is 2.31. The summed E-state index contributed by atoms with van der Waals surface area (Å²) in [6.45, 7) is 7.92. The van der Waals surface area contributed by atoms with Crippen LogP contribution in [0, 0.1) is 5.92 Å². The Labute approximate surface area is 91.5 Å². The molecule has 1 N–H and O–H groups in total. The second-order valence-electron chi connectivity index (χ2n) is 3.87. The first kappa shape index (κ1) is 11.7. The van der Waals surface area contributed by atoms with Gasteiger partial charge in [0.1, 0.15) is 0 Å². The Morgan fingerprint density at radius 2 is 2.07 bits per heavy atom. The van der Waals surface area contributed by atoms with Crippen LogP contribution in [-0.4, -0.2) is 6.54 Å². The molecule has 0 spiro atoms. The topological polar surface area (TPSA) is 12.0 Å². The fraction of sp³-hybridized carbons (Fsp3) is 0.667. The van der Waals surface area contributed by atoms with Gasteiger partial charge in [0.05, 0.1) is 0 Å². The number of rotatable bonds is 6. The van der Waals surface area contributed by atoms with Gasteiger partial charge in [-0.15, -0.1) is 0 Å². The molecule has 1 aromatic rings. The number of thiophene rings is 1. The van der Waals surface area contributed by atoms with Gasteiger partial charge in [-0.3, -0.25) is 0 Å². The molecule has 0 bridgehead atoms. The van der Waals surface area contributed by atoms with E-state index in [0.717, 1.165) is 12.5 Å². The molecule has 0 saturated heterocycles. The maximum atomic E-state index is 3.59. The first-order valence-corrected chi connectivity index (χ1v) is 6.47. The molecule has 1 rings (SSSR count). The van der Waals surface area contributed by atoms with Gasteiger partial charge in [0.25, 0.3) is 0 Å². The van der Waals surface area contributed by atoms with Gasteiger partial charge in [-0.05, 0) is 41.8 Å². The summed E-state index contributed by atoms with van der Waals surface area (Å²) in [6.07, 6.45) is 2.56. The summed E-state index contributed by atoms with van der Waals surface area (Å²) < 4.78 is 0. The molecule has 1 aromatic heterocycles. The number of hydrogen-bond donors (Lipinski definition) is 1. The molecule has 1 atom stereocenters. The van der Waals surface area contributed by atoms with Crippen LogP contribution in [0.3, 0.4) is 0 Å². The summed E-state index contributed by atoms with van der Waals surface area (Å²) in [4.78, 5) is 0. The smallest absolute Gasteiger partial charge is 0.0300 e. The third kappa shape index (κ3) is 3.43. The molecular formula is C12H21NS. The van der Waals surface area contributed by atoms with Crippen LogP contribution in [0.2, 0.25) is 0 Å². The molecule has 14 heavy (non-hydrogen) atoms. The van der Waals surface area contributed by atoms with Crippen molar-refractivity contribution in [3.8, 4) is 0 Å². The van der Waals surface area contributed by atoms with E-state index in [1.54, 1.807) is 11.3 Å². The third-order valence-electron chi connectivity index (χ3n) is 2.91. The molecule has 1 unspecified atom stereocenters. The Bertz CT molecular complexity index is 226. The lowest BCUT2D eigenvalue weighted by atomic mass is 10.0. The molecular weight excluding hydrogens is 190 g/mol. The monoisotopic (exact) mass is 211 g/mol. The van der Waals surface area contributed by atoms with E-state index in [1.165, 1.54) is 18.4 Å². The Hall–Kier alpha value is -0.340. The van der Waals surface area contributed by atoms with Gasteiger partial charge in [-0.25, -0.2) is 0 Å². The van der Waals surface area contributed by atoms with Crippen molar-refractivity contribution < 1.29 is 0 Å². The van der Waals surface area contributed by atoms with E-state index in [1.807, 2.05) is 0 Å². The number of nitrogens with one attached hydrogen (secondary N) is 1. The first-order valence-electron chi connectivity index (χ1n) is 5.53. The zero-order valence-corrected chi connectivity index (χ0v) is 10.2. The molecule has 80 valence electrons. The summed E-state index contributed by atoms with van der Waals surface area (Å²) in [7, 11) is 0. The Morgan fingerprint density at radius 1 is 1.36 bits per heavy atom. The lowest BCUT2D eigenvalue weighted by Crippen LogP contribution is -2.24. The third-order valence-corrected chi connectivity index (χ3v) is 3.61. The van der Waals surface area contributed by atoms with E-state index < -0.39 is 0 Å². The summed E-state index contributed by atoms with van der Waals surface area (Å²) in [5, 5.41) is 7.96. The van der Waals surface area contributed by atoms with Crippen molar-refractivity contribution in [1.82, 2.24) is 5.32 Å². The largest absolute Gasteiger partial charge is 0.310 e. The Morgan fingerprint density at radius 3 is 2.57 bits per heavy atom. The minimum Gasteiger partial charge on any atom is -0.310 e. The van der Waals surface area contributed by atoms with E-state index in [4.69, 9.17) is 0 Å². The maximum absolute atomic E-state index is 3.59. The summed E-state index contributed by atoms with van der Waals surface area (Å²) in [6, 6.07) is 2.71. The fourth-order valence-electron chi connectivity index (χ4n) is 1.56. The van der Waals surface area contributed by atoms with E-state index in [0.29, 0.717) is 6.04 Å². The summed E-state index contributed by atoms with van der Waals surface area (Å²) >= 11 is 1.77. The molecule has 0 aliphatic heterocycles. The molecule has 0 amide bonds. The van der Waals surface area contributed by atoms with Gasteiger partial charge >= 0.3 is 0 Å². The average Bonchev–Trinajstić information content (AvgIpc) is 2.72. The SMILES string of the molecule is CCC(CC)CNC(C)c1ccsc1. The van der Waals surface area contributed by atoms with Gasteiger partial charge in [0.2, 0.25) is 0 Å².